The van der Waals surface area contributed by atoms with E-state index in [0.717, 1.165) is 11.3 Å². The van der Waals surface area contributed by atoms with E-state index in [1.807, 2.05) is 37.3 Å². The summed E-state index contributed by atoms with van der Waals surface area (Å²) in [5.74, 6) is 0.219. The van der Waals surface area contributed by atoms with E-state index in [1.165, 1.54) is 11.8 Å². The number of nitrogens with zero attached hydrogens (tertiary/aromatic N) is 2. The predicted octanol–water partition coefficient (Wildman–Crippen LogP) is 3.77. The number of rotatable bonds is 6. The standard InChI is InChI=1S/C20H18N4O2S/c1-14-7-5-6-10-16(14)21-18(25)13-27-19-12-11-17(23-24-19)22-20(26)15-8-3-2-4-9-15/h2-12H,13H2,1H3,(H,21,25)(H,22,23,26). The lowest BCUT2D eigenvalue weighted by Gasteiger charge is -2.08. The number of carbonyl (C=O) groups is 2. The lowest BCUT2D eigenvalue weighted by Crippen LogP contribution is -2.15. The Kier molecular flexibility index (Phi) is 6.17. The van der Waals surface area contributed by atoms with Gasteiger partial charge in [0.1, 0.15) is 5.03 Å². The molecule has 0 saturated carbocycles. The Morgan fingerprint density at radius 3 is 2.33 bits per heavy atom. The Labute approximate surface area is 161 Å². The molecule has 0 bridgehead atoms. The molecule has 0 saturated heterocycles. The fourth-order valence-corrected chi connectivity index (χ4v) is 2.89. The maximum atomic E-state index is 12.1. The highest BCUT2D eigenvalue weighted by molar-refractivity contribution is 7.99. The molecule has 0 aliphatic rings. The van der Waals surface area contributed by atoms with Gasteiger partial charge in [-0.25, -0.2) is 0 Å². The van der Waals surface area contributed by atoms with Crippen LogP contribution >= 0.6 is 11.8 Å². The summed E-state index contributed by atoms with van der Waals surface area (Å²) < 4.78 is 0. The second-order valence-electron chi connectivity index (χ2n) is 5.73. The predicted molar refractivity (Wildman–Crippen MR) is 107 cm³/mol. The summed E-state index contributed by atoms with van der Waals surface area (Å²) >= 11 is 1.28. The fourth-order valence-electron chi connectivity index (χ4n) is 2.28. The van der Waals surface area contributed by atoms with Gasteiger partial charge in [-0.2, -0.15) is 0 Å². The number of nitrogens with one attached hydrogen (secondary N) is 2. The van der Waals surface area contributed by atoms with Crippen molar-refractivity contribution >= 4 is 35.1 Å². The third kappa shape index (κ3) is 5.39. The number of thioether (sulfide) groups is 1. The molecule has 3 aromatic rings. The third-order valence-corrected chi connectivity index (χ3v) is 4.61. The summed E-state index contributed by atoms with van der Waals surface area (Å²) in [7, 11) is 0. The quantitative estimate of drug-likeness (QED) is 0.638. The van der Waals surface area contributed by atoms with Crippen molar-refractivity contribution in [1.82, 2.24) is 10.2 Å². The van der Waals surface area contributed by atoms with Gasteiger partial charge >= 0.3 is 0 Å². The van der Waals surface area contributed by atoms with E-state index in [9.17, 15) is 9.59 Å². The molecule has 0 fully saturated rings. The molecule has 0 unspecified atom stereocenters. The number of hydrogen-bond donors (Lipinski definition) is 2. The van der Waals surface area contributed by atoms with Crippen LogP contribution in [0, 0.1) is 6.92 Å². The number of hydrogen-bond acceptors (Lipinski definition) is 5. The number of amides is 2. The molecule has 0 radical (unpaired) electrons. The van der Waals surface area contributed by atoms with Gasteiger partial charge in [-0.1, -0.05) is 48.2 Å². The lowest BCUT2D eigenvalue weighted by atomic mass is 10.2. The van der Waals surface area contributed by atoms with Crippen molar-refractivity contribution in [1.29, 1.82) is 0 Å². The second kappa shape index (κ2) is 8.95. The topological polar surface area (TPSA) is 84.0 Å². The SMILES string of the molecule is Cc1ccccc1NC(=O)CSc1ccc(NC(=O)c2ccccc2)nn1. The summed E-state index contributed by atoms with van der Waals surface area (Å²) in [4.78, 5) is 24.1. The van der Waals surface area contributed by atoms with Crippen LogP contribution < -0.4 is 10.6 Å². The van der Waals surface area contributed by atoms with Crippen LogP contribution in [0.1, 0.15) is 15.9 Å². The molecule has 27 heavy (non-hydrogen) atoms. The maximum Gasteiger partial charge on any atom is 0.256 e. The molecule has 0 atom stereocenters. The van der Waals surface area contributed by atoms with Gasteiger partial charge in [-0.05, 0) is 42.8 Å². The summed E-state index contributed by atoms with van der Waals surface area (Å²) in [5.41, 5.74) is 2.35. The van der Waals surface area contributed by atoms with Gasteiger partial charge in [-0.3, -0.25) is 9.59 Å². The normalized spacial score (nSPS) is 10.3. The summed E-state index contributed by atoms with van der Waals surface area (Å²) in [6.45, 7) is 1.94. The number of anilines is 2. The van der Waals surface area contributed by atoms with Crippen molar-refractivity contribution < 1.29 is 9.59 Å². The van der Waals surface area contributed by atoms with E-state index in [0.29, 0.717) is 16.4 Å². The highest BCUT2D eigenvalue weighted by atomic mass is 32.2. The lowest BCUT2D eigenvalue weighted by molar-refractivity contribution is -0.113. The minimum absolute atomic E-state index is 0.113. The Hall–Kier alpha value is -3.19. The van der Waals surface area contributed by atoms with Gasteiger partial charge in [0.2, 0.25) is 5.91 Å². The van der Waals surface area contributed by atoms with Crippen LogP contribution in [0.15, 0.2) is 71.8 Å². The van der Waals surface area contributed by atoms with E-state index >= 15 is 0 Å². The van der Waals surface area contributed by atoms with Crippen LogP contribution in [0.4, 0.5) is 11.5 Å². The first kappa shape index (κ1) is 18.6. The molecule has 7 heteroatoms. The summed E-state index contributed by atoms with van der Waals surface area (Å²) in [6.07, 6.45) is 0. The van der Waals surface area contributed by atoms with Gasteiger partial charge in [0, 0.05) is 11.3 Å². The number of para-hydroxylation sites is 1. The molecule has 1 heterocycles. The van der Waals surface area contributed by atoms with Crippen molar-refractivity contribution in [2.75, 3.05) is 16.4 Å². The first-order valence-corrected chi connectivity index (χ1v) is 9.29. The molecule has 0 aliphatic carbocycles. The highest BCUT2D eigenvalue weighted by Crippen LogP contribution is 2.18. The zero-order valence-corrected chi connectivity index (χ0v) is 15.5. The van der Waals surface area contributed by atoms with Crippen molar-refractivity contribution in [2.24, 2.45) is 0 Å². The van der Waals surface area contributed by atoms with E-state index in [-0.39, 0.29) is 17.6 Å². The molecule has 2 N–H and O–H groups in total. The number of aryl methyl sites for hydroxylation is 1. The molecule has 3 rings (SSSR count). The van der Waals surface area contributed by atoms with E-state index in [2.05, 4.69) is 20.8 Å². The molecule has 6 nitrogen and oxygen atoms in total. The average molecular weight is 378 g/mol. The molecule has 0 spiro atoms. The minimum Gasteiger partial charge on any atom is -0.325 e. The Morgan fingerprint density at radius 2 is 1.63 bits per heavy atom. The van der Waals surface area contributed by atoms with Gasteiger partial charge in [0.25, 0.3) is 5.91 Å². The Balaban J connectivity index is 1.51. The average Bonchev–Trinajstić information content (AvgIpc) is 2.70. The van der Waals surface area contributed by atoms with Crippen LogP contribution in [0.2, 0.25) is 0 Å². The van der Waals surface area contributed by atoms with E-state index in [4.69, 9.17) is 0 Å². The molecule has 2 aromatic carbocycles. The fraction of sp³-hybridized carbons (Fsp3) is 0.100. The highest BCUT2D eigenvalue weighted by Gasteiger charge is 2.09. The van der Waals surface area contributed by atoms with Crippen molar-refractivity contribution in [3.05, 3.63) is 77.9 Å². The molecular formula is C20H18N4O2S. The Bertz CT molecular complexity index is 930. The van der Waals surface area contributed by atoms with Crippen LogP contribution in [0.3, 0.4) is 0 Å². The molecule has 0 aliphatic heterocycles. The third-order valence-electron chi connectivity index (χ3n) is 3.69. The largest absolute Gasteiger partial charge is 0.325 e. The summed E-state index contributed by atoms with van der Waals surface area (Å²) in [5, 5.41) is 14.2. The van der Waals surface area contributed by atoms with Crippen molar-refractivity contribution in [2.45, 2.75) is 11.9 Å². The maximum absolute atomic E-state index is 12.1. The van der Waals surface area contributed by atoms with Crippen LogP contribution in [-0.2, 0) is 4.79 Å². The number of carbonyl (C=O) groups excluding carboxylic acids is 2. The second-order valence-corrected chi connectivity index (χ2v) is 6.72. The zero-order chi connectivity index (χ0) is 19.1. The molecule has 136 valence electrons. The first-order valence-electron chi connectivity index (χ1n) is 8.30. The molecular weight excluding hydrogens is 360 g/mol. The number of aromatic nitrogens is 2. The van der Waals surface area contributed by atoms with Gasteiger partial charge in [0.05, 0.1) is 5.75 Å². The van der Waals surface area contributed by atoms with E-state index in [1.54, 1.807) is 36.4 Å². The monoisotopic (exact) mass is 378 g/mol. The van der Waals surface area contributed by atoms with Crippen LogP contribution in [0.25, 0.3) is 0 Å². The van der Waals surface area contributed by atoms with Crippen molar-refractivity contribution in [3.63, 3.8) is 0 Å². The Morgan fingerprint density at radius 1 is 0.889 bits per heavy atom. The van der Waals surface area contributed by atoms with Crippen LogP contribution in [0.5, 0.6) is 0 Å². The zero-order valence-electron chi connectivity index (χ0n) is 14.7. The summed E-state index contributed by atoms with van der Waals surface area (Å²) in [6, 6.07) is 19.9. The van der Waals surface area contributed by atoms with Gasteiger partial charge < -0.3 is 10.6 Å². The molecule has 2 amide bonds. The first-order chi connectivity index (χ1) is 13.1. The van der Waals surface area contributed by atoms with Crippen molar-refractivity contribution in [3.8, 4) is 0 Å². The minimum atomic E-state index is -0.247. The van der Waals surface area contributed by atoms with Gasteiger partial charge in [-0.15, -0.1) is 10.2 Å². The molecule has 1 aromatic heterocycles. The van der Waals surface area contributed by atoms with E-state index < -0.39 is 0 Å². The smallest absolute Gasteiger partial charge is 0.256 e. The van der Waals surface area contributed by atoms with Crippen LogP contribution in [-0.4, -0.2) is 27.8 Å². The number of benzene rings is 2. The van der Waals surface area contributed by atoms with Gasteiger partial charge in [0.15, 0.2) is 5.82 Å².